The topological polar surface area (TPSA) is 91.6 Å². The SMILES string of the molecule is CCC(Sc1nc2c(cc1C#N)CC(C(C)(C)C)CC2)C(=O)Nc1nnc(C)s1. The molecule has 1 aliphatic rings. The Bertz CT molecular complexity index is 942. The molecule has 2 aromatic heterocycles. The summed E-state index contributed by atoms with van der Waals surface area (Å²) < 4.78 is 0. The van der Waals surface area contributed by atoms with E-state index in [-0.39, 0.29) is 16.6 Å². The molecule has 154 valence electrons. The van der Waals surface area contributed by atoms with Crippen molar-refractivity contribution in [1.29, 1.82) is 5.26 Å². The first-order valence-electron chi connectivity index (χ1n) is 9.91. The number of rotatable bonds is 5. The Morgan fingerprint density at radius 1 is 1.45 bits per heavy atom. The fourth-order valence-electron chi connectivity index (χ4n) is 3.54. The monoisotopic (exact) mass is 429 g/mol. The Morgan fingerprint density at radius 2 is 2.21 bits per heavy atom. The molecule has 0 saturated carbocycles. The van der Waals surface area contributed by atoms with Crippen molar-refractivity contribution in [3.8, 4) is 6.07 Å². The van der Waals surface area contributed by atoms with E-state index >= 15 is 0 Å². The zero-order valence-electron chi connectivity index (χ0n) is 17.6. The Balaban J connectivity index is 1.79. The molecule has 0 aliphatic heterocycles. The third-order valence-electron chi connectivity index (χ3n) is 5.37. The molecule has 0 fully saturated rings. The lowest BCUT2D eigenvalue weighted by Gasteiger charge is -2.34. The predicted octanol–water partition coefficient (Wildman–Crippen LogP) is 4.77. The standard InChI is InChI=1S/C21H27N5OS2/c1-6-17(18(27)24-20-26-25-12(2)28-20)29-19-14(11-22)9-13-10-15(21(3,4)5)7-8-16(13)23-19/h9,15,17H,6-8,10H2,1-5H3,(H,24,26,27). The molecule has 2 atom stereocenters. The Kier molecular flexibility index (Phi) is 6.59. The zero-order valence-corrected chi connectivity index (χ0v) is 19.2. The minimum atomic E-state index is -0.345. The first kappa shape index (κ1) is 21.7. The molecule has 1 amide bonds. The molecular weight excluding hydrogens is 402 g/mol. The highest BCUT2D eigenvalue weighted by Crippen LogP contribution is 2.38. The lowest BCUT2D eigenvalue weighted by Crippen LogP contribution is -2.28. The number of aryl methyl sites for hydroxylation is 2. The van der Waals surface area contributed by atoms with Crippen molar-refractivity contribution in [3.63, 3.8) is 0 Å². The molecule has 0 bridgehead atoms. The highest BCUT2D eigenvalue weighted by Gasteiger charge is 2.30. The van der Waals surface area contributed by atoms with E-state index in [9.17, 15) is 10.1 Å². The minimum absolute atomic E-state index is 0.134. The maximum atomic E-state index is 12.7. The maximum Gasteiger partial charge on any atom is 0.239 e. The molecule has 0 spiro atoms. The van der Waals surface area contributed by atoms with E-state index in [4.69, 9.17) is 4.98 Å². The average Bonchev–Trinajstić information content (AvgIpc) is 3.08. The van der Waals surface area contributed by atoms with E-state index in [1.807, 2.05) is 19.9 Å². The molecule has 0 saturated heterocycles. The molecule has 29 heavy (non-hydrogen) atoms. The van der Waals surface area contributed by atoms with E-state index in [0.29, 0.717) is 28.1 Å². The van der Waals surface area contributed by atoms with E-state index in [2.05, 4.69) is 42.4 Å². The fourth-order valence-corrected chi connectivity index (χ4v) is 5.14. The maximum absolute atomic E-state index is 12.7. The largest absolute Gasteiger partial charge is 0.300 e. The van der Waals surface area contributed by atoms with Gasteiger partial charge in [-0.3, -0.25) is 10.1 Å². The zero-order chi connectivity index (χ0) is 21.2. The molecular formula is C21H27N5OS2. The van der Waals surface area contributed by atoms with Crippen LogP contribution in [0.2, 0.25) is 0 Å². The smallest absolute Gasteiger partial charge is 0.239 e. The lowest BCUT2D eigenvalue weighted by atomic mass is 9.71. The van der Waals surface area contributed by atoms with Gasteiger partial charge in [-0.05, 0) is 55.6 Å². The van der Waals surface area contributed by atoms with Gasteiger partial charge in [0, 0.05) is 5.69 Å². The second kappa shape index (κ2) is 8.80. The molecule has 6 nitrogen and oxygen atoms in total. The number of nitrogens with one attached hydrogen (secondary N) is 1. The highest BCUT2D eigenvalue weighted by atomic mass is 32.2. The van der Waals surface area contributed by atoms with Crippen LogP contribution in [0, 0.1) is 29.6 Å². The number of anilines is 1. The van der Waals surface area contributed by atoms with E-state index < -0.39 is 0 Å². The summed E-state index contributed by atoms with van der Waals surface area (Å²) in [5.41, 5.74) is 3.05. The fraction of sp³-hybridized carbons (Fsp3) is 0.571. The third-order valence-corrected chi connectivity index (χ3v) is 7.49. The minimum Gasteiger partial charge on any atom is -0.300 e. The van der Waals surface area contributed by atoms with Gasteiger partial charge in [-0.2, -0.15) is 5.26 Å². The number of hydrogen-bond donors (Lipinski definition) is 1. The van der Waals surface area contributed by atoms with Crippen LogP contribution in [0.5, 0.6) is 0 Å². The number of aromatic nitrogens is 3. The van der Waals surface area contributed by atoms with Gasteiger partial charge >= 0.3 is 0 Å². The summed E-state index contributed by atoms with van der Waals surface area (Å²) in [6.45, 7) is 10.6. The van der Waals surface area contributed by atoms with Crippen LogP contribution in [0.25, 0.3) is 0 Å². The normalized spacial score (nSPS) is 17.3. The van der Waals surface area contributed by atoms with E-state index in [0.717, 1.165) is 30.0 Å². The van der Waals surface area contributed by atoms with Crippen molar-refractivity contribution >= 4 is 34.1 Å². The average molecular weight is 430 g/mol. The number of amides is 1. The number of carbonyl (C=O) groups is 1. The molecule has 2 heterocycles. The van der Waals surface area contributed by atoms with Crippen LogP contribution in [0.1, 0.15) is 62.4 Å². The van der Waals surface area contributed by atoms with E-state index in [1.165, 1.54) is 28.7 Å². The van der Waals surface area contributed by atoms with Crippen LogP contribution in [0.15, 0.2) is 11.1 Å². The number of pyridine rings is 1. The Morgan fingerprint density at radius 3 is 2.79 bits per heavy atom. The third kappa shape index (κ3) is 5.14. The van der Waals surface area contributed by atoms with E-state index in [1.54, 1.807) is 0 Å². The van der Waals surface area contributed by atoms with Crippen LogP contribution in [0.3, 0.4) is 0 Å². The van der Waals surface area contributed by atoms with Crippen molar-refractivity contribution in [2.24, 2.45) is 11.3 Å². The van der Waals surface area contributed by atoms with Gasteiger partial charge in [-0.1, -0.05) is 50.8 Å². The Labute approximate surface area is 180 Å². The molecule has 2 unspecified atom stereocenters. The summed E-state index contributed by atoms with van der Waals surface area (Å²) in [7, 11) is 0. The van der Waals surface area contributed by atoms with Crippen LogP contribution in [0.4, 0.5) is 5.13 Å². The van der Waals surface area contributed by atoms with Crippen molar-refractivity contribution in [2.75, 3.05) is 5.32 Å². The summed E-state index contributed by atoms with van der Waals surface area (Å²) in [6, 6.07) is 4.27. The van der Waals surface area contributed by atoms with Gasteiger partial charge in [-0.15, -0.1) is 10.2 Å². The van der Waals surface area contributed by atoms with Crippen molar-refractivity contribution in [3.05, 3.63) is 27.9 Å². The quantitative estimate of drug-likeness (QED) is 0.688. The summed E-state index contributed by atoms with van der Waals surface area (Å²) in [4.78, 5) is 17.5. The van der Waals surface area contributed by atoms with Gasteiger partial charge in [0.15, 0.2) is 0 Å². The summed E-state index contributed by atoms with van der Waals surface area (Å²) in [5, 5.41) is 22.0. The molecule has 0 radical (unpaired) electrons. The number of hydrogen-bond acceptors (Lipinski definition) is 7. The molecule has 1 aliphatic carbocycles. The number of nitriles is 1. The van der Waals surface area contributed by atoms with Crippen LogP contribution >= 0.6 is 23.1 Å². The van der Waals surface area contributed by atoms with Gasteiger partial charge in [0.2, 0.25) is 11.0 Å². The Hall–Kier alpha value is -1.98. The lowest BCUT2D eigenvalue weighted by molar-refractivity contribution is -0.115. The predicted molar refractivity (Wildman–Crippen MR) is 117 cm³/mol. The van der Waals surface area contributed by atoms with Crippen molar-refractivity contribution in [2.45, 2.75) is 70.6 Å². The highest BCUT2D eigenvalue weighted by molar-refractivity contribution is 8.00. The van der Waals surface area contributed by atoms with Crippen LogP contribution < -0.4 is 5.32 Å². The van der Waals surface area contributed by atoms with Gasteiger partial charge in [-0.25, -0.2) is 4.98 Å². The molecule has 0 aromatic carbocycles. The molecule has 3 rings (SSSR count). The van der Waals surface area contributed by atoms with Crippen LogP contribution in [-0.4, -0.2) is 26.3 Å². The number of fused-ring (bicyclic) bond motifs is 1. The summed E-state index contributed by atoms with van der Waals surface area (Å²) in [6.07, 6.45) is 3.61. The van der Waals surface area contributed by atoms with Crippen LogP contribution in [-0.2, 0) is 17.6 Å². The number of carbonyl (C=O) groups excluding carboxylic acids is 1. The number of nitrogens with zero attached hydrogens (tertiary/aromatic N) is 4. The summed E-state index contributed by atoms with van der Waals surface area (Å²) in [5.74, 6) is 0.455. The molecule has 2 aromatic rings. The first-order chi connectivity index (χ1) is 13.7. The van der Waals surface area contributed by atoms with Gasteiger partial charge < -0.3 is 0 Å². The summed E-state index contributed by atoms with van der Waals surface area (Å²) >= 11 is 2.71. The second-order valence-electron chi connectivity index (χ2n) is 8.49. The first-order valence-corrected chi connectivity index (χ1v) is 11.6. The van der Waals surface area contributed by atoms with Gasteiger partial charge in [0.1, 0.15) is 16.1 Å². The van der Waals surface area contributed by atoms with Crippen molar-refractivity contribution in [1.82, 2.24) is 15.2 Å². The molecule has 8 heteroatoms. The molecule has 1 N–H and O–H groups in total. The number of thioether (sulfide) groups is 1. The van der Waals surface area contributed by atoms with Crippen molar-refractivity contribution < 1.29 is 4.79 Å². The van der Waals surface area contributed by atoms with Gasteiger partial charge in [0.25, 0.3) is 0 Å². The van der Waals surface area contributed by atoms with Gasteiger partial charge in [0.05, 0.1) is 10.8 Å². The second-order valence-corrected chi connectivity index (χ2v) is 10.9.